The van der Waals surface area contributed by atoms with Crippen molar-refractivity contribution in [2.75, 3.05) is 140 Å². The van der Waals surface area contributed by atoms with E-state index in [2.05, 4.69) is 211 Å². The predicted molar refractivity (Wildman–Crippen MR) is 533 cm³/mol. The maximum absolute atomic E-state index is 6.24. The molecule has 696 valence electrons. The maximum atomic E-state index is 6.24. The molecule has 15 heterocycles. The molecule has 24 rings (SSSR count). The van der Waals surface area contributed by atoms with Crippen molar-refractivity contribution in [3.63, 3.8) is 0 Å². The van der Waals surface area contributed by atoms with Crippen LogP contribution < -0.4 is 26.0 Å². The summed E-state index contributed by atoms with van der Waals surface area (Å²) in [5.74, 6) is 3.69. The smallest absolute Gasteiger partial charge is 0.316 e. The molecule has 11 aromatic heterocycles. The number of fused-ring (bicyclic) bond motifs is 12. The van der Waals surface area contributed by atoms with Gasteiger partial charge in [-0.05, 0) is 227 Å². The van der Waals surface area contributed by atoms with E-state index in [1.165, 1.54) is 80.7 Å². The Morgan fingerprint density at radius 1 is 0.388 bits per heavy atom. The normalized spacial score (nSPS) is 22.2. The zero-order chi connectivity index (χ0) is 90.2. The number of thiophene rings is 1. The van der Waals surface area contributed by atoms with Crippen molar-refractivity contribution in [3.05, 3.63) is 169 Å². The van der Waals surface area contributed by atoms with Gasteiger partial charge in [-0.2, -0.15) is 16.4 Å². The number of aromatic amines is 4. The first kappa shape index (κ1) is 89.1. The standard InChI is InChI=1S/C27H35N7O2.C26H28ClN5O.C25H29N7O2.C24H27N5OS/c1-3-36-18(2)34-16-20(15-30-34)19-4-9-24-23(14-19)25-26(28-17-29-27(25)32-24)31-21-5-7-22(8-6-21)33-10-12-35-13-11-33;27-19-3-1-2-17(14-19)18-4-9-23-22(15-18)24-25(28-16-29-26(24)31-23)30-20-5-7-21(8-6-20)32-10-12-33-13-11-32;1-33-25-26-13-17(14-27-25)16-2-7-21-20(12-16)22-23(28-15-29-24(22)31-21)30-18-3-5-19(6-4-18)32-8-10-34-11-9-32;1-6-21-20(13-16(1)17-7-12-31-14-17)22-23(25-15-26-24(22)28-21)27-18-2-4-19(5-3-18)29-8-10-30-11-9-29/h4,9,14-18,21-22H,3,5-8,10-13H2,1-2H3,(H2,28,29,31,32);1-4,9,14-16,20-21H,5-8,10-13H2,(H2,28,29,30,31);2,7,12-15,18-19H,3-6,8-11H2,1H3,(H2,28,29,30,31);1,6-7,12-15,18-19H,2-5,8-11H2,(H2,25,26,27,28). The van der Waals surface area contributed by atoms with Gasteiger partial charge in [0, 0.05) is 186 Å². The number of hydrogen-bond acceptors (Lipinski definition) is 26. The first-order chi connectivity index (χ1) is 66.1. The summed E-state index contributed by atoms with van der Waals surface area (Å²) in [6.07, 6.45) is 33.0. The van der Waals surface area contributed by atoms with Crippen molar-refractivity contribution >= 4 is 134 Å². The fraction of sp³-hybridized carbons (Fsp3) is 0.441. The summed E-state index contributed by atoms with van der Waals surface area (Å²) < 4.78 is 34.7. The number of morpholine rings is 4. The summed E-state index contributed by atoms with van der Waals surface area (Å²) in [4.78, 5) is 69.5. The molecule has 30 nitrogen and oxygen atoms in total. The van der Waals surface area contributed by atoms with Gasteiger partial charge in [-0.15, -0.1) is 0 Å². The van der Waals surface area contributed by atoms with Crippen LogP contribution in [0.15, 0.2) is 164 Å². The molecule has 4 aliphatic heterocycles. The summed E-state index contributed by atoms with van der Waals surface area (Å²) in [5.41, 5.74) is 16.6. The van der Waals surface area contributed by atoms with Crippen LogP contribution in [0.3, 0.4) is 0 Å². The zero-order valence-electron chi connectivity index (χ0n) is 76.5. The quantitative estimate of drug-likeness (QED) is 0.0351. The molecule has 16 aromatic rings. The number of rotatable bonds is 20. The molecule has 8 fully saturated rings. The van der Waals surface area contributed by atoms with Gasteiger partial charge in [-0.3, -0.25) is 19.6 Å². The van der Waals surface area contributed by atoms with Crippen molar-refractivity contribution in [2.45, 2.75) is 171 Å². The van der Waals surface area contributed by atoms with Gasteiger partial charge in [0.25, 0.3) is 0 Å². The van der Waals surface area contributed by atoms with E-state index >= 15 is 0 Å². The Morgan fingerprint density at radius 2 is 0.724 bits per heavy atom. The third-order valence-electron chi connectivity index (χ3n) is 28.8. The third-order valence-corrected chi connectivity index (χ3v) is 29.7. The number of nitrogens with zero attached hydrogens (tertiary/aromatic N) is 16. The molecule has 1 atom stereocenters. The lowest BCUT2D eigenvalue weighted by molar-refractivity contribution is 0.00788. The monoisotopic (exact) mass is 1840 g/mol. The summed E-state index contributed by atoms with van der Waals surface area (Å²) in [6.45, 7) is 20.2. The second-order valence-electron chi connectivity index (χ2n) is 36.8. The second kappa shape index (κ2) is 41.4. The van der Waals surface area contributed by atoms with Crippen molar-refractivity contribution in [3.8, 4) is 50.5 Å². The first-order valence-electron chi connectivity index (χ1n) is 48.3. The molecular formula is C102H119ClN24O6S. The van der Waals surface area contributed by atoms with Gasteiger partial charge in [0.1, 0.15) is 77.4 Å². The molecule has 134 heavy (non-hydrogen) atoms. The highest BCUT2D eigenvalue weighted by Gasteiger charge is 2.34. The van der Waals surface area contributed by atoms with E-state index in [4.69, 9.17) is 40.0 Å². The molecule has 8 N–H and O–H groups in total. The number of hydrogen-bond donors (Lipinski definition) is 8. The number of ether oxygens (including phenoxy) is 6. The third kappa shape index (κ3) is 20.0. The Hall–Kier alpha value is -11.5. The zero-order valence-corrected chi connectivity index (χ0v) is 78.1. The number of methoxy groups -OCH3 is 1. The molecular weight excluding hydrogens is 1720 g/mol. The highest BCUT2D eigenvalue weighted by Crippen LogP contribution is 2.42. The lowest BCUT2D eigenvalue weighted by Crippen LogP contribution is -2.46. The van der Waals surface area contributed by atoms with Gasteiger partial charge in [-0.25, -0.2) is 54.5 Å². The summed E-state index contributed by atoms with van der Waals surface area (Å²) in [6, 6.07) is 40.8. The number of H-pyrrole nitrogens is 4. The molecule has 0 radical (unpaired) electrons. The van der Waals surface area contributed by atoms with Crippen LogP contribution in [-0.2, 0) is 23.7 Å². The molecule has 32 heteroatoms. The Bertz CT molecular complexity index is 6630. The van der Waals surface area contributed by atoms with Crippen LogP contribution in [0.2, 0.25) is 5.02 Å². The van der Waals surface area contributed by atoms with Gasteiger partial charge in [0.05, 0.1) is 87.7 Å². The van der Waals surface area contributed by atoms with Crippen molar-refractivity contribution in [1.29, 1.82) is 0 Å². The van der Waals surface area contributed by atoms with Crippen molar-refractivity contribution < 1.29 is 28.4 Å². The molecule has 8 aliphatic rings. The number of nitrogens with one attached hydrogen (secondary N) is 8. The maximum Gasteiger partial charge on any atom is 0.316 e. The van der Waals surface area contributed by atoms with Crippen LogP contribution >= 0.6 is 22.9 Å². The molecule has 0 bridgehead atoms. The fourth-order valence-electron chi connectivity index (χ4n) is 21.6. The van der Waals surface area contributed by atoms with Crippen LogP contribution in [0.5, 0.6) is 6.01 Å². The molecule has 1 unspecified atom stereocenters. The topological polar surface area (TPSA) is 326 Å². The Balaban J connectivity index is 0.000000107. The van der Waals surface area contributed by atoms with E-state index in [-0.39, 0.29) is 6.23 Å². The van der Waals surface area contributed by atoms with Gasteiger partial charge >= 0.3 is 6.01 Å². The number of halogens is 1. The highest BCUT2D eigenvalue weighted by molar-refractivity contribution is 7.08. The fourth-order valence-corrected chi connectivity index (χ4v) is 22.5. The number of benzene rings is 5. The lowest BCUT2D eigenvalue weighted by atomic mass is 9.90. The largest absolute Gasteiger partial charge is 0.467 e. The van der Waals surface area contributed by atoms with Crippen LogP contribution in [0.4, 0.5) is 23.3 Å². The van der Waals surface area contributed by atoms with Gasteiger partial charge in [0.2, 0.25) is 0 Å². The van der Waals surface area contributed by atoms with Gasteiger partial charge < -0.3 is 69.6 Å². The van der Waals surface area contributed by atoms with Crippen molar-refractivity contribution in [1.82, 2.24) is 99.2 Å². The van der Waals surface area contributed by atoms with E-state index in [1.54, 1.807) is 56.1 Å². The van der Waals surface area contributed by atoms with Crippen LogP contribution in [0.25, 0.3) is 132 Å². The number of anilines is 4. The highest BCUT2D eigenvalue weighted by atomic mass is 35.5. The van der Waals surface area contributed by atoms with Crippen LogP contribution in [-0.4, -0.2) is 266 Å². The summed E-state index contributed by atoms with van der Waals surface area (Å²) in [7, 11) is 1.57. The minimum Gasteiger partial charge on any atom is -0.467 e. The van der Waals surface area contributed by atoms with Crippen LogP contribution in [0.1, 0.15) is 123 Å². The predicted octanol–water partition coefficient (Wildman–Crippen LogP) is 18.6. The summed E-state index contributed by atoms with van der Waals surface area (Å²) >= 11 is 7.96. The van der Waals surface area contributed by atoms with E-state index in [0.29, 0.717) is 61.0 Å². The molecule has 0 spiro atoms. The molecule has 0 amide bonds. The van der Waals surface area contributed by atoms with Gasteiger partial charge in [-0.1, -0.05) is 48.0 Å². The van der Waals surface area contributed by atoms with E-state index < -0.39 is 0 Å². The Labute approximate surface area is 787 Å². The molecule has 4 aliphatic carbocycles. The van der Waals surface area contributed by atoms with Crippen LogP contribution in [0, 0.1) is 0 Å². The lowest BCUT2D eigenvalue weighted by Gasteiger charge is -2.39. The average molecular weight is 1840 g/mol. The SMILES string of the molecule is CCOC(C)n1cc(-c2ccc3[nH]c4ncnc(NC5CCC(N6CCOCC6)CC5)c4c3c2)cn1.COc1ncc(-c2ccc3[nH]c4ncnc(NC5CCC(N6CCOCC6)CC5)c4c3c2)cn1.Clc1cccc(-c2ccc3[nH]c4ncnc(NC5CCC(N6CCOCC6)CC5)c4c3c2)c1.c1nc(NC2CCC(N3CCOCC3)CC2)c2c(n1)[nH]c1ccc(-c3ccsc3)cc12. The Morgan fingerprint density at radius 3 is 1.05 bits per heavy atom. The minimum absolute atomic E-state index is 0.0943. The van der Waals surface area contributed by atoms with E-state index in [0.717, 1.165) is 288 Å². The van der Waals surface area contributed by atoms with E-state index in [9.17, 15) is 0 Å². The minimum atomic E-state index is -0.0943. The van der Waals surface area contributed by atoms with E-state index in [1.807, 2.05) is 49.1 Å². The van der Waals surface area contributed by atoms with Crippen molar-refractivity contribution in [2.24, 2.45) is 0 Å². The number of aromatic nitrogens is 16. The second-order valence-corrected chi connectivity index (χ2v) is 38.0. The Kier molecular flexibility index (Phi) is 27.5. The molecule has 4 saturated carbocycles. The molecule has 4 saturated heterocycles. The first-order valence-corrected chi connectivity index (χ1v) is 49.6. The average Bonchev–Trinajstić information content (AvgIpc) is 1.62. The summed E-state index contributed by atoms with van der Waals surface area (Å²) in [5, 5.41) is 33.4. The van der Waals surface area contributed by atoms with Gasteiger partial charge in [0.15, 0.2) is 0 Å². The molecule has 5 aromatic carbocycles.